The number of carbonyl (C=O) groups is 1. The van der Waals surface area contributed by atoms with Crippen molar-refractivity contribution in [3.05, 3.63) is 66.0 Å². The zero-order valence-electron chi connectivity index (χ0n) is 17.9. The van der Waals surface area contributed by atoms with Gasteiger partial charge in [0, 0.05) is 31.4 Å². The van der Waals surface area contributed by atoms with Crippen molar-refractivity contribution in [1.82, 2.24) is 14.8 Å². The number of hydrogen-bond acceptors (Lipinski definition) is 6. The quantitative estimate of drug-likeness (QED) is 0.477. The molecule has 2 aromatic heterocycles. The number of aliphatic carboxylic acids is 1. The van der Waals surface area contributed by atoms with Crippen molar-refractivity contribution in [2.24, 2.45) is 0 Å². The van der Waals surface area contributed by atoms with Crippen molar-refractivity contribution in [2.75, 3.05) is 31.7 Å². The van der Waals surface area contributed by atoms with E-state index < -0.39 is 5.97 Å². The minimum absolute atomic E-state index is 0.0489. The third-order valence-corrected chi connectivity index (χ3v) is 4.69. The molecule has 0 radical (unpaired) electrons. The molecule has 2 heterocycles. The molecule has 0 unspecified atom stereocenters. The highest BCUT2D eigenvalue weighted by Crippen LogP contribution is 2.20. The van der Waals surface area contributed by atoms with E-state index in [2.05, 4.69) is 10.1 Å². The number of anilines is 1. The Bertz CT molecular complexity index is 957. The predicted octanol–water partition coefficient (Wildman–Crippen LogP) is 3.26. The van der Waals surface area contributed by atoms with Gasteiger partial charge in [0.05, 0.1) is 19.7 Å². The highest BCUT2D eigenvalue weighted by molar-refractivity contribution is 5.67. The fourth-order valence-electron chi connectivity index (χ4n) is 3.07. The number of carboxylic acid groups (broad SMARTS) is 1. The van der Waals surface area contributed by atoms with Crippen LogP contribution in [0.15, 0.2) is 54.9 Å². The minimum atomic E-state index is -0.836. The smallest absolute Gasteiger partial charge is 0.303 e. The van der Waals surface area contributed by atoms with Gasteiger partial charge in [-0.25, -0.2) is 4.98 Å². The Morgan fingerprint density at radius 2 is 1.97 bits per heavy atom. The van der Waals surface area contributed by atoms with Crippen LogP contribution < -0.4 is 14.4 Å². The van der Waals surface area contributed by atoms with Crippen molar-refractivity contribution in [3.63, 3.8) is 0 Å². The molecule has 0 amide bonds. The molecule has 1 aromatic carbocycles. The molecule has 164 valence electrons. The number of carboxylic acids is 1. The summed E-state index contributed by atoms with van der Waals surface area (Å²) in [6.45, 7) is 4.21. The van der Waals surface area contributed by atoms with E-state index in [0.717, 1.165) is 29.2 Å². The first-order chi connectivity index (χ1) is 15.0. The van der Waals surface area contributed by atoms with Gasteiger partial charge in [0.2, 0.25) is 5.88 Å². The lowest BCUT2D eigenvalue weighted by Gasteiger charge is -2.18. The van der Waals surface area contributed by atoms with Crippen molar-refractivity contribution >= 4 is 11.8 Å². The monoisotopic (exact) mass is 424 g/mol. The van der Waals surface area contributed by atoms with E-state index in [-0.39, 0.29) is 6.42 Å². The standard InChI is InChI=1S/C23H28N4O4/c1-3-30-23-19(9-12-22(28)29)17-27(25-23)16-18-7-10-20(11-8-18)31-15-14-26(2)21-6-4-5-13-24-21/h4-8,10-11,13,17H,3,9,12,14-16H2,1-2H3,(H,28,29). The van der Waals surface area contributed by atoms with E-state index >= 15 is 0 Å². The fraction of sp³-hybridized carbons (Fsp3) is 0.348. The lowest BCUT2D eigenvalue weighted by atomic mass is 10.2. The Morgan fingerprint density at radius 1 is 1.16 bits per heavy atom. The highest BCUT2D eigenvalue weighted by Gasteiger charge is 2.12. The third-order valence-electron chi connectivity index (χ3n) is 4.69. The van der Waals surface area contributed by atoms with Crippen LogP contribution in [0.25, 0.3) is 0 Å². The Hall–Kier alpha value is -3.55. The van der Waals surface area contributed by atoms with Crippen LogP contribution >= 0.6 is 0 Å². The van der Waals surface area contributed by atoms with Gasteiger partial charge in [-0.05, 0) is 43.2 Å². The number of nitrogens with zero attached hydrogens (tertiary/aromatic N) is 4. The SMILES string of the molecule is CCOc1nn(Cc2ccc(OCCN(C)c3ccccn3)cc2)cc1CCC(=O)O. The number of pyridine rings is 1. The Kier molecular flexibility index (Phi) is 7.86. The van der Waals surface area contributed by atoms with Crippen molar-refractivity contribution < 1.29 is 19.4 Å². The largest absolute Gasteiger partial charge is 0.492 e. The van der Waals surface area contributed by atoms with Crippen LogP contribution in [0.2, 0.25) is 0 Å². The zero-order chi connectivity index (χ0) is 22.1. The summed E-state index contributed by atoms with van der Waals surface area (Å²) >= 11 is 0. The van der Waals surface area contributed by atoms with Gasteiger partial charge in [-0.1, -0.05) is 18.2 Å². The predicted molar refractivity (Wildman–Crippen MR) is 118 cm³/mol. The van der Waals surface area contributed by atoms with E-state index in [4.69, 9.17) is 14.6 Å². The molecule has 0 aliphatic rings. The minimum Gasteiger partial charge on any atom is -0.492 e. The van der Waals surface area contributed by atoms with Gasteiger partial charge in [-0.3, -0.25) is 9.48 Å². The van der Waals surface area contributed by atoms with Crippen LogP contribution in [0.1, 0.15) is 24.5 Å². The first-order valence-electron chi connectivity index (χ1n) is 10.3. The molecule has 0 aliphatic heterocycles. The summed E-state index contributed by atoms with van der Waals surface area (Å²) in [4.78, 5) is 17.2. The maximum absolute atomic E-state index is 10.9. The van der Waals surface area contributed by atoms with Gasteiger partial charge in [0.25, 0.3) is 0 Å². The van der Waals surface area contributed by atoms with E-state index in [1.54, 1.807) is 10.9 Å². The number of benzene rings is 1. The van der Waals surface area contributed by atoms with Gasteiger partial charge in [-0.15, -0.1) is 5.10 Å². The first kappa shape index (κ1) is 22.1. The molecular weight excluding hydrogens is 396 g/mol. The Balaban J connectivity index is 1.53. The van der Waals surface area contributed by atoms with Crippen molar-refractivity contribution in [1.29, 1.82) is 0 Å². The third kappa shape index (κ3) is 6.74. The van der Waals surface area contributed by atoms with Gasteiger partial charge >= 0.3 is 5.97 Å². The van der Waals surface area contributed by atoms with E-state index in [9.17, 15) is 4.79 Å². The number of aryl methyl sites for hydroxylation is 1. The average molecular weight is 425 g/mol. The van der Waals surface area contributed by atoms with Gasteiger partial charge in [0.15, 0.2) is 0 Å². The topological polar surface area (TPSA) is 89.7 Å². The molecule has 0 atom stereocenters. The second kappa shape index (κ2) is 11.0. The van der Waals surface area contributed by atoms with Crippen LogP contribution in [-0.4, -0.2) is 52.6 Å². The van der Waals surface area contributed by atoms with Gasteiger partial charge in [0.1, 0.15) is 18.2 Å². The molecule has 3 aromatic rings. The van der Waals surface area contributed by atoms with Crippen LogP contribution in [0, 0.1) is 0 Å². The molecule has 8 heteroatoms. The molecule has 0 bridgehead atoms. The van der Waals surface area contributed by atoms with E-state index in [1.807, 2.05) is 67.5 Å². The lowest BCUT2D eigenvalue weighted by Crippen LogP contribution is -2.24. The maximum Gasteiger partial charge on any atom is 0.303 e. The molecule has 0 saturated heterocycles. The average Bonchev–Trinajstić information content (AvgIpc) is 3.15. The number of rotatable bonds is 12. The van der Waals surface area contributed by atoms with E-state index in [0.29, 0.717) is 32.1 Å². The normalized spacial score (nSPS) is 10.6. The summed E-state index contributed by atoms with van der Waals surface area (Å²) in [7, 11) is 1.99. The zero-order valence-corrected chi connectivity index (χ0v) is 17.9. The molecule has 8 nitrogen and oxygen atoms in total. The second-order valence-electron chi connectivity index (χ2n) is 7.09. The second-order valence-corrected chi connectivity index (χ2v) is 7.09. The summed E-state index contributed by atoms with van der Waals surface area (Å²) in [5.74, 6) is 1.38. The Morgan fingerprint density at radius 3 is 2.65 bits per heavy atom. The number of aromatic nitrogens is 3. The number of hydrogen-bond donors (Lipinski definition) is 1. The van der Waals surface area contributed by atoms with Crippen molar-refractivity contribution in [2.45, 2.75) is 26.3 Å². The summed E-state index contributed by atoms with van der Waals surface area (Å²) < 4.78 is 13.2. The summed E-state index contributed by atoms with van der Waals surface area (Å²) in [6, 6.07) is 13.7. The van der Waals surface area contributed by atoms with Crippen LogP contribution in [0.4, 0.5) is 5.82 Å². The summed E-state index contributed by atoms with van der Waals surface area (Å²) in [6.07, 6.45) is 4.07. The highest BCUT2D eigenvalue weighted by atomic mass is 16.5. The van der Waals surface area contributed by atoms with Crippen LogP contribution in [-0.2, 0) is 17.8 Å². The molecule has 0 fully saturated rings. The summed E-state index contributed by atoms with van der Waals surface area (Å²) in [5, 5.41) is 13.4. The van der Waals surface area contributed by atoms with Crippen molar-refractivity contribution in [3.8, 4) is 11.6 Å². The molecule has 1 N–H and O–H groups in total. The lowest BCUT2D eigenvalue weighted by molar-refractivity contribution is -0.136. The number of likely N-dealkylation sites (N-methyl/N-ethyl adjacent to an activating group) is 1. The van der Waals surface area contributed by atoms with Gasteiger partial charge in [-0.2, -0.15) is 0 Å². The maximum atomic E-state index is 10.9. The van der Waals surface area contributed by atoms with E-state index in [1.165, 1.54) is 0 Å². The molecular formula is C23H28N4O4. The molecule has 0 spiro atoms. The molecule has 3 rings (SSSR count). The fourth-order valence-corrected chi connectivity index (χ4v) is 3.07. The molecule has 0 aliphatic carbocycles. The Labute approximate surface area is 182 Å². The summed E-state index contributed by atoms with van der Waals surface area (Å²) in [5.41, 5.74) is 1.87. The molecule has 0 saturated carbocycles. The first-order valence-corrected chi connectivity index (χ1v) is 10.3. The van der Waals surface area contributed by atoms with Crippen LogP contribution in [0.5, 0.6) is 11.6 Å². The van der Waals surface area contributed by atoms with Crippen LogP contribution in [0.3, 0.4) is 0 Å². The number of ether oxygens (including phenoxy) is 2. The molecule has 31 heavy (non-hydrogen) atoms. The van der Waals surface area contributed by atoms with Gasteiger partial charge < -0.3 is 19.5 Å².